The summed E-state index contributed by atoms with van der Waals surface area (Å²) in [5, 5.41) is 2.67. The van der Waals surface area contributed by atoms with E-state index in [4.69, 9.17) is 4.74 Å². The lowest BCUT2D eigenvalue weighted by Crippen LogP contribution is -2.49. The third kappa shape index (κ3) is 4.83. The predicted octanol–water partition coefficient (Wildman–Crippen LogP) is 2.46. The SMILES string of the molecule is Cc1cc2c(cc1S(=O)(=O)CCC(=O)N1CCN(c3cccc(C)c3C)CC1)OCC(=O)N2. The van der Waals surface area contributed by atoms with Crippen LogP contribution in [0, 0.1) is 20.8 Å². The number of aryl methyl sites for hydroxylation is 2. The van der Waals surface area contributed by atoms with E-state index in [2.05, 4.69) is 36.2 Å². The Balaban J connectivity index is 1.37. The Bertz CT molecular complexity index is 1200. The van der Waals surface area contributed by atoms with Crippen LogP contribution < -0.4 is 15.0 Å². The molecular weight excluding hydrogens is 442 g/mol. The summed E-state index contributed by atoms with van der Waals surface area (Å²) >= 11 is 0. The quantitative estimate of drug-likeness (QED) is 0.720. The lowest BCUT2D eigenvalue weighted by molar-refractivity contribution is -0.131. The Labute approximate surface area is 194 Å². The number of hydrogen-bond acceptors (Lipinski definition) is 6. The Morgan fingerprint density at radius 2 is 1.79 bits per heavy atom. The van der Waals surface area contributed by atoms with E-state index >= 15 is 0 Å². The van der Waals surface area contributed by atoms with Crippen LogP contribution in [0.25, 0.3) is 0 Å². The minimum absolute atomic E-state index is 0.0695. The lowest BCUT2D eigenvalue weighted by Gasteiger charge is -2.37. The number of rotatable bonds is 5. The summed E-state index contributed by atoms with van der Waals surface area (Å²) in [6, 6.07) is 9.26. The van der Waals surface area contributed by atoms with Gasteiger partial charge in [-0.1, -0.05) is 12.1 Å². The smallest absolute Gasteiger partial charge is 0.262 e. The number of sulfone groups is 1. The highest BCUT2D eigenvalue weighted by Crippen LogP contribution is 2.33. The zero-order chi connectivity index (χ0) is 23.8. The van der Waals surface area contributed by atoms with E-state index in [9.17, 15) is 18.0 Å². The van der Waals surface area contributed by atoms with Crippen LogP contribution in [0.3, 0.4) is 0 Å². The molecule has 0 aromatic heterocycles. The molecule has 0 spiro atoms. The van der Waals surface area contributed by atoms with Crippen LogP contribution in [0.1, 0.15) is 23.1 Å². The molecule has 4 rings (SSSR count). The van der Waals surface area contributed by atoms with Crippen molar-refractivity contribution in [1.82, 2.24) is 4.90 Å². The minimum Gasteiger partial charge on any atom is -0.482 e. The molecule has 9 heteroatoms. The van der Waals surface area contributed by atoms with Crippen molar-refractivity contribution < 1.29 is 22.7 Å². The molecule has 1 fully saturated rings. The topological polar surface area (TPSA) is 96.0 Å². The molecule has 2 aliphatic heterocycles. The van der Waals surface area contributed by atoms with Gasteiger partial charge in [-0.05, 0) is 49.6 Å². The molecular formula is C24H29N3O5S. The van der Waals surface area contributed by atoms with Crippen molar-refractivity contribution in [2.24, 2.45) is 0 Å². The summed E-state index contributed by atoms with van der Waals surface area (Å²) < 4.78 is 31.3. The Kier molecular flexibility index (Phi) is 6.34. The number of amides is 2. The number of fused-ring (bicyclic) bond motifs is 1. The van der Waals surface area contributed by atoms with Crippen molar-refractivity contribution >= 4 is 33.0 Å². The van der Waals surface area contributed by atoms with Gasteiger partial charge in [0.15, 0.2) is 16.4 Å². The van der Waals surface area contributed by atoms with Gasteiger partial charge in [0, 0.05) is 44.4 Å². The molecule has 1 N–H and O–H groups in total. The van der Waals surface area contributed by atoms with Crippen LogP contribution in [0.15, 0.2) is 35.2 Å². The monoisotopic (exact) mass is 471 g/mol. The van der Waals surface area contributed by atoms with Crippen molar-refractivity contribution in [1.29, 1.82) is 0 Å². The molecule has 0 unspecified atom stereocenters. The van der Waals surface area contributed by atoms with E-state index in [-0.39, 0.29) is 35.5 Å². The molecule has 2 heterocycles. The molecule has 176 valence electrons. The fraction of sp³-hybridized carbons (Fsp3) is 0.417. The molecule has 0 saturated carbocycles. The molecule has 0 aliphatic carbocycles. The van der Waals surface area contributed by atoms with Gasteiger partial charge in [0.25, 0.3) is 5.91 Å². The van der Waals surface area contributed by atoms with Gasteiger partial charge in [-0.25, -0.2) is 8.42 Å². The zero-order valence-electron chi connectivity index (χ0n) is 19.2. The number of piperazine rings is 1. The van der Waals surface area contributed by atoms with Gasteiger partial charge in [-0.15, -0.1) is 0 Å². The highest BCUT2D eigenvalue weighted by atomic mass is 32.2. The highest BCUT2D eigenvalue weighted by Gasteiger charge is 2.27. The van der Waals surface area contributed by atoms with Gasteiger partial charge in [0.05, 0.1) is 16.3 Å². The Hall–Kier alpha value is -3.07. The first-order valence-electron chi connectivity index (χ1n) is 11.0. The highest BCUT2D eigenvalue weighted by molar-refractivity contribution is 7.91. The molecule has 2 aromatic rings. The number of hydrogen-bond donors (Lipinski definition) is 1. The van der Waals surface area contributed by atoms with Crippen LogP contribution in [0.4, 0.5) is 11.4 Å². The number of nitrogens with one attached hydrogen (secondary N) is 1. The summed E-state index contributed by atoms with van der Waals surface area (Å²) in [6.07, 6.45) is -0.0695. The summed E-state index contributed by atoms with van der Waals surface area (Å²) in [7, 11) is -3.69. The van der Waals surface area contributed by atoms with Crippen molar-refractivity contribution in [3.63, 3.8) is 0 Å². The minimum atomic E-state index is -3.69. The summed E-state index contributed by atoms with van der Waals surface area (Å²) in [5.74, 6) is -0.374. The lowest BCUT2D eigenvalue weighted by atomic mass is 10.1. The van der Waals surface area contributed by atoms with E-state index in [0.717, 1.165) is 13.1 Å². The predicted molar refractivity (Wildman–Crippen MR) is 127 cm³/mol. The van der Waals surface area contributed by atoms with Crippen LogP contribution in [-0.2, 0) is 19.4 Å². The normalized spacial score (nSPS) is 16.2. The molecule has 2 aromatic carbocycles. The maximum atomic E-state index is 13.0. The number of nitrogens with zero attached hydrogens (tertiary/aromatic N) is 2. The average Bonchev–Trinajstić information content (AvgIpc) is 2.79. The molecule has 0 bridgehead atoms. The Morgan fingerprint density at radius 3 is 2.52 bits per heavy atom. The zero-order valence-corrected chi connectivity index (χ0v) is 20.0. The van der Waals surface area contributed by atoms with E-state index in [1.54, 1.807) is 17.9 Å². The van der Waals surface area contributed by atoms with Gasteiger partial charge in [-0.2, -0.15) is 0 Å². The summed E-state index contributed by atoms with van der Waals surface area (Å²) in [5.41, 5.74) is 4.63. The van der Waals surface area contributed by atoms with Gasteiger partial charge >= 0.3 is 0 Å². The second kappa shape index (κ2) is 9.05. The summed E-state index contributed by atoms with van der Waals surface area (Å²) in [4.78, 5) is 28.4. The number of carbonyl (C=O) groups is 2. The summed E-state index contributed by atoms with van der Waals surface area (Å²) in [6.45, 7) is 8.28. The third-order valence-electron chi connectivity index (χ3n) is 6.38. The van der Waals surface area contributed by atoms with Crippen LogP contribution >= 0.6 is 0 Å². The standard InChI is InChI=1S/C24H29N3O5S/c1-16-5-4-6-20(18(16)3)26-8-10-27(11-9-26)24(29)7-12-33(30,31)22-14-21-19(13-17(22)2)25-23(28)15-32-21/h4-6,13-14H,7-12,15H2,1-3H3,(H,25,28). The van der Waals surface area contributed by atoms with Crippen LogP contribution in [0.5, 0.6) is 5.75 Å². The van der Waals surface area contributed by atoms with E-state index in [1.165, 1.54) is 22.9 Å². The van der Waals surface area contributed by atoms with E-state index in [0.29, 0.717) is 30.1 Å². The second-order valence-electron chi connectivity index (χ2n) is 8.61. The van der Waals surface area contributed by atoms with Crippen molar-refractivity contribution in [3.05, 3.63) is 47.0 Å². The molecule has 0 radical (unpaired) electrons. The number of anilines is 2. The number of ether oxygens (including phenoxy) is 1. The maximum absolute atomic E-state index is 13.0. The maximum Gasteiger partial charge on any atom is 0.262 e. The average molecular weight is 472 g/mol. The van der Waals surface area contributed by atoms with E-state index in [1.807, 2.05) is 6.07 Å². The second-order valence-corrected chi connectivity index (χ2v) is 10.7. The van der Waals surface area contributed by atoms with Crippen LogP contribution in [-0.4, -0.2) is 63.7 Å². The van der Waals surface area contributed by atoms with Crippen molar-refractivity contribution in [2.75, 3.05) is 48.8 Å². The van der Waals surface area contributed by atoms with Crippen molar-refractivity contribution in [2.45, 2.75) is 32.1 Å². The molecule has 8 nitrogen and oxygen atoms in total. The molecule has 2 aliphatic rings. The Morgan fingerprint density at radius 1 is 1.06 bits per heavy atom. The first-order valence-corrected chi connectivity index (χ1v) is 12.7. The van der Waals surface area contributed by atoms with Gasteiger partial charge in [0.1, 0.15) is 5.75 Å². The molecule has 2 amide bonds. The number of benzene rings is 2. The fourth-order valence-electron chi connectivity index (χ4n) is 4.32. The largest absolute Gasteiger partial charge is 0.482 e. The first kappa shape index (κ1) is 23.1. The molecule has 1 saturated heterocycles. The van der Waals surface area contributed by atoms with Crippen molar-refractivity contribution in [3.8, 4) is 5.75 Å². The van der Waals surface area contributed by atoms with Gasteiger partial charge in [-0.3, -0.25) is 9.59 Å². The van der Waals surface area contributed by atoms with E-state index < -0.39 is 9.84 Å². The van der Waals surface area contributed by atoms with Crippen LogP contribution in [0.2, 0.25) is 0 Å². The first-order chi connectivity index (χ1) is 15.7. The fourth-order valence-corrected chi connectivity index (χ4v) is 5.82. The number of carbonyl (C=O) groups excluding carboxylic acids is 2. The molecule has 33 heavy (non-hydrogen) atoms. The molecule has 0 atom stereocenters. The van der Waals surface area contributed by atoms with Gasteiger partial charge in [0.2, 0.25) is 5.91 Å². The van der Waals surface area contributed by atoms with Gasteiger partial charge < -0.3 is 19.9 Å². The third-order valence-corrected chi connectivity index (χ3v) is 8.23.